The number of hydrogen-bond acceptors (Lipinski definition) is 6. The minimum absolute atomic E-state index is 0.164. The topological polar surface area (TPSA) is 84.9 Å². The van der Waals surface area contributed by atoms with Crippen molar-refractivity contribution in [1.29, 1.82) is 0 Å². The number of amides is 1. The number of morpholine rings is 1. The molecule has 0 radical (unpaired) electrons. The van der Waals surface area contributed by atoms with Crippen molar-refractivity contribution in [3.05, 3.63) is 82.9 Å². The highest BCUT2D eigenvalue weighted by Crippen LogP contribution is 2.31. The average Bonchev–Trinajstić information content (AvgIpc) is 2.92. The number of nitrogens with one attached hydrogen (secondary N) is 1. The summed E-state index contributed by atoms with van der Waals surface area (Å²) in [4.78, 5) is 14.0. The van der Waals surface area contributed by atoms with Gasteiger partial charge in [0.2, 0.25) is 15.9 Å². The number of hydrogen-bond donors (Lipinski definition) is 1. The van der Waals surface area contributed by atoms with Gasteiger partial charge in [0.05, 0.1) is 30.9 Å². The first kappa shape index (κ1) is 27.5. The zero-order chi connectivity index (χ0) is 26.3. The number of carbonyl (C=O) groups excluding carboxylic acids is 1. The van der Waals surface area contributed by atoms with Gasteiger partial charge in [-0.05, 0) is 60.0 Å². The normalized spacial score (nSPS) is 14.3. The Morgan fingerprint density at radius 2 is 1.81 bits per heavy atom. The summed E-state index contributed by atoms with van der Waals surface area (Å²) in [5.74, 6) is 1.13. The highest BCUT2D eigenvalue weighted by molar-refractivity contribution is 7.98. The van der Waals surface area contributed by atoms with Crippen molar-refractivity contribution in [1.82, 2.24) is 4.31 Å². The fourth-order valence-corrected chi connectivity index (χ4v) is 6.49. The van der Waals surface area contributed by atoms with Crippen LogP contribution in [0.3, 0.4) is 0 Å². The van der Waals surface area contributed by atoms with Gasteiger partial charge in [0, 0.05) is 35.2 Å². The molecule has 1 fully saturated rings. The lowest BCUT2D eigenvalue weighted by molar-refractivity contribution is -0.116. The van der Waals surface area contributed by atoms with E-state index < -0.39 is 10.0 Å². The number of nitrogens with zero attached hydrogens (tertiary/aromatic N) is 1. The number of anilines is 1. The molecule has 7 nitrogen and oxygen atoms in total. The van der Waals surface area contributed by atoms with Gasteiger partial charge in [-0.3, -0.25) is 4.79 Å². The Balaban J connectivity index is 1.41. The maximum absolute atomic E-state index is 13.1. The van der Waals surface area contributed by atoms with Crippen molar-refractivity contribution in [2.24, 2.45) is 0 Å². The van der Waals surface area contributed by atoms with Crippen LogP contribution in [-0.4, -0.2) is 52.0 Å². The van der Waals surface area contributed by atoms with Gasteiger partial charge in [-0.15, -0.1) is 11.8 Å². The first-order valence-corrected chi connectivity index (χ1v) is 14.7. The maximum atomic E-state index is 13.1. The van der Waals surface area contributed by atoms with E-state index in [2.05, 4.69) is 5.32 Å². The van der Waals surface area contributed by atoms with E-state index in [1.165, 1.54) is 11.4 Å². The van der Waals surface area contributed by atoms with Crippen molar-refractivity contribution in [2.45, 2.75) is 28.4 Å². The highest BCUT2D eigenvalue weighted by Gasteiger charge is 2.27. The summed E-state index contributed by atoms with van der Waals surface area (Å²) in [6.07, 6.45) is 0.509. The predicted molar refractivity (Wildman–Crippen MR) is 147 cm³/mol. The van der Waals surface area contributed by atoms with Gasteiger partial charge in [0.1, 0.15) is 5.75 Å². The lowest BCUT2D eigenvalue weighted by Gasteiger charge is -2.26. The Morgan fingerprint density at radius 1 is 1.08 bits per heavy atom. The Morgan fingerprint density at radius 3 is 2.54 bits per heavy atom. The number of rotatable bonds is 10. The molecule has 1 aliphatic rings. The van der Waals surface area contributed by atoms with Crippen LogP contribution in [0.1, 0.15) is 17.5 Å². The molecule has 3 aromatic carbocycles. The van der Waals surface area contributed by atoms with E-state index in [-0.39, 0.29) is 17.2 Å². The van der Waals surface area contributed by atoms with Gasteiger partial charge in [0.25, 0.3) is 0 Å². The number of halogens is 1. The van der Waals surface area contributed by atoms with Crippen LogP contribution in [-0.2, 0) is 31.7 Å². The SMILES string of the molecule is COc1ccc(S(=O)(=O)N2CCOCC2)cc1CCC(=O)Nc1ccccc1SCc1ccc(Cl)cc1. The Labute approximate surface area is 227 Å². The van der Waals surface area contributed by atoms with Crippen LogP contribution in [0.2, 0.25) is 5.02 Å². The molecule has 0 atom stereocenters. The monoisotopic (exact) mass is 560 g/mol. The van der Waals surface area contributed by atoms with Gasteiger partial charge in [0.15, 0.2) is 0 Å². The molecule has 1 amide bonds. The molecular formula is C27H29ClN2O5S2. The zero-order valence-electron chi connectivity index (χ0n) is 20.5. The molecule has 0 unspecified atom stereocenters. The number of carbonyl (C=O) groups is 1. The van der Waals surface area contributed by atoms with Crippen LogP contribution in [0, 0.1) is 0 Å². The molecule has 196 valence electrons. The van der Waals surface area contributed by atoms with E-state index in [1.807, 2.05) is 48.5 Å². The Kier molecular flexibility index (Phi) is 9.50. The van der Waals surface area contributed by atoms with Crippen molar-refractivity contribution >= 4 is 45.0 Å². The molecule has 1 heterocycles. The first-order valence-electron chi connectivity index (χ1n) is 11.9. The van der Waals surface area contributed by atoms with Crippen molar-refractivity contribution in [3.8, 4) is 5.75 Å². The second-order valence-corrected chi connectivity index (χ2v) is 11.8. The first-order chi connectivity index (χ1) is 17.9. The summed E-state index contributed by atoms with van der Waals surface area (Å²) in [5, 5.41) is 3.69. The Bertz CT molecular complexity index is 1330. The van der Waals surface area contributed by atoms with Crippen molar-refractivity contribution in [3.63, 3.8) is 0 Å². The van der Waals surface area contributed by atoms with Crippen LogP contribution in [0.25, 0.3) is 0 Å². The van der Waals surface area contributed by atoms with Gasteiger partial charge in [-0.1, -0.05) is 35.9 Å². The summed E-state index contributed by atoms with van der Waals surface area (Å²) in [5.41, 5.74) is 2.54. The molecule has 0 spiro atoms. The lowest BCUT2D eigenvalue weighted by atomic mass is 10.1. The number of aryl methyl sites for hydroxylation is 1. The van der Waals surface area contributed by atoms with Crippen molar-refractivity contribution < 1.29 is 22.7 Å². The number of benzene rings is 3. The smallest absolute Gasteiger partial charge is 0.243 e. The molecule has 10 heteroatoms. The minimum Gasteiger partial charge on any atom is -0.496 e. The molecule has 1 aliphatic heterocycles. The van der Waals surface area contributed by atoms with Crippen LogP contribution in [0.5, 0.6) is 5.75 Å². The van der Waals surface area contributed by atoms with Gasteiger partial charge >= 0.3 is 0 Å². The molecule has 4 rings (SSSR count). The molecular weight excluding hydrogens is 532 g/mol. The summed E-state index contributed by atoms with van der Waals surface area (Å²) >= 11 is 7.60. The molecule has 1 saturated heterocycles. The van der Waals surface area contributed by atoms with Crippen molar-refractivity contribution in [2.75, 3.05) is 38.7 Å². The van der Waals surface area contributed by atoms with Crippen LogP contribution in [0.15, 0.2) is 76.5 Å². The van der Waals surface area contributed by atoms with E-state index in [1.54, 1.807) is 30.0 Å². The number of sulfonamides is 1. The third-order valence-corrected chi connectivity index (χ3v) is 9.24. The summed E-state index contributed by atoms with van der Waals surface area (Å²) in [6, 6.07) is 20.1. The zero-order valence-corrected chi connectivity index (χ0v) is 22.9. The number of para-hydroxylation sites is 1. The van der Waals surface area contributed by atoms with Crippen LogP contribution in [0.4, 0.5) is 5.69 Å². The lowest BCUT2D eigenvalue weighted by Crippen LogP contribution is -2.40. The van der Waals surface area contributed by atoms with Gasteiger partial charge < -0.3 is 14.8 Å². The van der Waals surface area contributed by atoms with Crippen LogP contribution >= 0.6 is 23.4 Å². The largest absolute Gasteiger partial charge is 0.496 e. The molecule has 37 heavy (non-hydrogen) atoms. The highest BCUT2D eigenvalue weighted by atomic mass is 35.5. The van der Waals surface area contributed by atoms with E-state index in [4.69, 9.17) is 21.1 Å². The fraction of sp³-hybridized carbons (Fsp3) is 0.296. The molecule has 0 aromatic heterocycles. The predicted octanol–water partition coefficient (Wildman–Crippen LogP) is 5.23. The molecule has 1 N–H and O–H groups in total. The maximum Gasteiger partial charge on any atom is 0.243 e. The summed E-state index contributed by atoms with van der Waals surface area (Å²) in [7, 11) is -2.12. The number of thioether (sulfide) groups is 1. The van der Waals surface area contributed by atoms with E-state index >= 15 is 0 Å². The van der Waals surface area contributed by atoms with E-state index in [9.17, 15) is 13.2 Å². The second-order valence-electron chi connectivity index (χ2n) is 8.45. The third-order valence-electron chi connectivity index (χ3n) is 5.95. The molecule has 0 saturated carbocycles. The molecule has 0 aliphatic carbocycles. The standard InChI is InChI=1S/C27H29ClN2O5S2/c1-34-25-12-11-23(37(32,33)30-14-16-35-17-15-30)18-21(25)8-13-27(31)29-24-4-2-3-5-26(24)36-19-20-6-9-22(28)10-7-20/h2-7,9-12,18H,8,13-17,19H2,1H3,(H,29,31). The third kappa shape index (κ3) is 7.27. The quantitative estimate of drug-likeness (QED) is 0.342. The Hall–Kier alpha value is -2.56. The number of ether oxygens (including phenoxy) is 2. The van der Waals surface area contributed by atoms with Crippen LogP contribution < -0.4 is 10.1 Å². The summed E-state index contributed by atoms with van der Waals surface area (Å²) < 4.78 is 38.3. The number of methoxy groups -OCH3 is 1. The average molecular weight is 561 g/mol. The minimum atomic E-state index is -3.65. The fourth-order valence-electron chi connectivity index (χ4n) is 3.95. The van der Waals surface area contributed by atoms with E-state index in [0.717, 1.165) is 21.9 Å². The molecule has 3 aromatic rings. The van der Waals surface area contributed by atoms with Gasteiger partial charge in [-0.2, -0.15) is 4.31 Å². The molecule has 0 bridgehead atoms. The summed E-state index contributed by atoms with van der Waals surface area (Å²) in [6.45, 7) is 1.40. The van der Waals surface area contributed by atoms with E-state index in [0.29, 0.717) is 49.1 Å². The second kappa shape index (κ2) is 12.8. The van der Waals surface area contributed by atoms with Gasteiger partial charge in [-0.25, -0.2) is 8.42 Å².